The van der Waals surface area contributed by atoms with Crippen molar-refractivity contribution in [1.29, 1.82) is 0 Å². The molecule has 6 heteroatoms. The maximum absolute atomic E-state index is 11.1. The predicted octanol–water partition coefficient (Wildman–Crippen LogP) is 2.75. The van der Waals surface area contributed by atoms with Crippen molar-refractivity contribution in [1.82, 2.24) is 24.8 Å². The number of hydrogen-bond acceptors (Lipinski definition) is 3. The Kier molecular flexibility index (Phi) is 3.30. The van der Waals surface area contributed by atoms with Crippen molar-refractivity contribution in [3.8, 4) is 11.3 Å². The van der Waals surface area contributed by atoms with Crippen molar-refractivity contribution in [3.05, 3.63) is 48.4 Å². The zero-order valence-corrected chi connectivity index (χ0v) is 13.5. The highest BCUT2D eigenvalue weighted by atomic mass is 16.1. The molecule has 4 rings (SSSR count). The van der Waals surface area contributed by atoms with E-state index >= 15 is 0 Å². The van der Waals surface area contributed by atoms with E-state index in [9.17, 15) is 4.79 Å². The minimum absolute atomic E-state index is 0.0335. The topological polar surface area (TPSA) is 75.6 Å². The smallest absolute Gasteiger partial charge is 0.217 e. The van der Waals surface area contributed by atoms with E-state index in [2.05, 4.69) is 32.4 Å². The van der Waals surface area contributed by atoms with E-state index in [1.54, 1.807) is 12.5 Å². The second-order valence-corrected chi connectivity index (χ2v) is 5.90. The molecule has 24 heavy (non-hydrogen) atoms. The molecular formula is C18H17N5O. The van der Waals surface area contributed by atoms with Gasteiger partial charge < -0.3 is 14.9 Å². The first kappa shape index (κ1) is 14.4. The number of aromatic amines is 1. The van der Waals surface area contributed by atoms with Crippen LogP contribution in [0.2, 0.25) is 0 Å². The van der Waals surface area contributed by atoms with Crippen LogP contribution >= 0.6 is 0 Å². The van der Waals surface area contributed by atoms with Gasteiger partial charge in [-0.15, -0.1) is 0 Å². The third-order valence-corrected chi connectivity index (χ3v) is 4.11. The molecule has 1 aromatic carbocycles. The van der Waals surface area contributed by atoms with Crippen LogP contribution in [0.1, 0.15) is 12.5 Å². The van der Waals surface area contributed by atoms with Gasteiger partial charge in [0, 0.05) is 31.6 Å². The molecule has 2 N–H and O–H groups in total. The minimum atomic E-state index is -0.0335. The van der Waals surface area contributed by atoms with Crippen LogP contribution < -0.4 is 5.32 Å². The van der Waals surface area contributed by atoms with Crippen LogP contribution in [-0.4, -0.2) is 25.4 Å². The summed E-state index contributed by atoms with van der Waals surface area (Å²) in [5, 5.41) is 3.87. The van der Waals surface area contributed by atoms with Crippen molar-refractivity contribution in [3.63, 3.8) is 0 Å². The molecule has 0 saturated heterocycles. The molecule has 0 aliphatic carbocycles. The number of H-pyrrole nitrogens is 1. The first-order valence-corrected chi connectivity index (χ1v) is 7.74. The fourth-order valence-corrected chi connectivity index (χ4v) is 2.95. The van der Waals surface area contributed by atoms with Crippen molar-refractivity contribution in [2.24, 2.45) is 7.05 Å². The lowest BCUT2D eigenvalue weighted by atomic mass is 10.1. The number of nitrogens with one attached hydrogen (secondary N) is 2. The maximum Gasteiger partial charge on any atom is 0.217 e. The summed E-state index contributed by atoms with van der Waals surface area (Å²) < 4.78 is 2.00. The number of carbonyl (C=O) groups excluding carboxylic acids is 1. The van der Waals surface area contributed by atoms with Gasteiger partial charge in [-0.2, -0.15) is 0 Å². The van der Waals surface area contributed by atoms with Crippen LogP contribution in [0.25, 0.3) is 33.3 Å². The quantitative estimate of drug-likeness (QED) is 0.609. The van der Waals surface area contributed by atoms with Crippen molar-refractivity contribution >= 4 is 28.0 Å². The van der Waals surface area contributed by atoms with Crippen molar-refractivity contribution in [2.75, 3.05) is 0 Å². The van der Waals surface area contributed by atoms with E-state index in [1.807, 2.05) is 29.8 Å². The third-order valence-electron chi connectivity index (χ3n) is 4.11. The molecule has 0 aliphatic rings. The number of amides is 1. The number of nitrogens with zero attached hydrogens (tertiary/aromatic N) is 3. The molecule has 0 spiro atoms. The highest BCUT2D eigenvalue weighted by molar-refractivity contribution is 6.03. The Morgan fingerprint density at radius 2 is 2.17 bits per heavy atom. The number of imidazole rings is 1. The van der Waals surface area contributed by atoms with Gasteiger partial charge in [0.15, 0.2) is 0 Å². The van der Waals surface area contributed by atoms with Crippen LogP contribution in [0.3, 0.4) is 0 Å². The summed E-state index contributed by atoms with van der Waals surface area (Å²) in [6.07, 6.45) is 3.58. The van der Waals surface area contributed by atoms with E-state index in [-0.39, 0.29) is 5.91 Å². The molecule has 0 radical (unpaired) electrons. The molecule has 0 aliphatic heterocycles. The lowest BCUT2D eigenvalue weighted by Gasteiger charge is -2.04. The van der Waals surface area contributed by atoms with Gasteiger partial charge in [-0.05, 0) is 23.3 Å². The Balaban J connectivity index is 1.79. The second kappa shape index (κ2) is 5.49. The third kappa shape index (κ3) is 2.42. The highest BCUT2D eigenvalue weighted by Crippen LogP contribution is 2.28. The lowest BCUT2D eigenvalue weighted by Crippen LogP contribution is -2.18. The summed E-state index contributed by atoms with van der Waals surface area (Å²) in [6.45, 7) is 2.04. The first-order valence-electron chi connectivity index (χ1n) is 7.74. The number of hydrogen-bond donors (Lipinski definition) is 2. The van der Waals surface area contributed by atoms with E-state index in [4.69, 9.17) is 0 Å². The molecule has 3 heterocycles. The molecule has 0 unspecified atom stereocenters. The Labute approximate surface area is 138 Å². The lowest BCUT2D eigenvalue weighted by molar-refractivity contribution is -0.119. The van der Waals surface area contributed by atoms with Gasteiger partial charge in [0.05, 0.1) is 18.0 Å². The van der Waals surface area contributed by atoms with E-state index in [0.29, 0.717) is 6.54 Å². The van der Waals surface area contributed by atoms with Gasteiger partial charge in [0.2, 0.25) is 5.91 Å². The summed E-state index contributed by atoms with van der Waals surface area (Å²) in [5.41, 5.74) is 5.90. The fourth-order valence-electron chi connectivity index (χ4n) is 2.95. The Hall–Kier alpha value is -3.15. The van der Waals surface area contributed by atoms with Crippen LogP contribution in [0, 0.1) is 0 Å². The molecule has 0 atom stereocenters. The number of aromatic nitrogens is 4. The Morgan fingerprint density at radius 3 is 3.00 bits per heavy atom. The number of aryl methyl sites for hydroxylation is 1. The zero-order valence-electron chi connectivity index (χ0n) is 13.5. The molecule has 0 saturated carbocycles. The van der Waals surface area contributed by atoms with Gasteiger partial charge in [0.25, 0.3) is 0 Å². The summed E-state index contributed by atoms with van der Waals surface area (Å²) >= 11 is 0. The monoisotopic (exact) mass is 319 g/mol. The van der Waals surface area contributed by atoms with Crippen molar-refractivity contribution in [2.45, 2.75) is 13.5 Å². The van der Waals surface area contributed by atoms with Crippen LogP contribution in [0.4, 0.5) is 0 Å². The van der Waals surface area contributed by atoms with Gasteiger partial charge >= 0.3 is 0 Å². The molecule has 1 amide bonds. The van der Waals surface area contributed by atoms with E-state index in [1.165, 1.54) is 6.92 Å². The Morgan fingerprint density at radius 1 is 1.29 bits per heavy atom. The minimum Gasteiger partial charge on any atom is -0.352 e. The van der Waals surface area contributed by atoms with Gasteiger partial charge in [-0.3, -0.25) is 4.79 Å². The van der Waals surface area contributed by atoms with Crippen LogP contribution in [0.5, 0.6) is 0 Å². The number of benzene rings is 1. The first-order chi connectivity index (χ1) is 11.6. The normalized spacial score (nSPS) is 11.2. The van der Waals surface area contributed by atoms with E-state index in [0.717, 1.165) is 38.9 Å². The predicted molar refractivity (Wildman–Crippen MR) is 93.3 cm³/mol. The van der Waals surface area contributed by atoms with Gasteiger partial charge in [-0.1, -0.05) is 18.2 Å². The average molecular weight is 319 g/mol. The SMILES string of the molecule is CC(=O)NCc1cccc(-c2cc3c(ncc4ncn(C)c43)[nH]2)c1. The summed E-state index contributed by atoms with van der Waals surface area (Å²) in [4.78, 5) is 23.3. The maximum atomic E-state index is 11.1. The highest BCUT2D eigenvalue weighted by Gasteiger charge is 2.11. The molecule has 4 aromatic rings. The number of rotatable bonds is 3. The largest absolute Gasteiger partial charge is 0.352 e. The van der Waals surface area contributed by atoms with Crippen LogP contribution in [-0.2, 0) is 18.4 Å². The Bertz CT molecular complexity index is 1060. The number of fused-ring (bicyclic) bond motifs is 3. The molecule has 0 fully saturated rings. The summed E-state index contributed by atoms with van der Waals surface area (Å²) in [7, 11) is 1.98. The summed E-state index contributed by atoms with van der Waals surface area (Å²) in [6, 6.07) is 10.2. The number of carbonyl (C=O) groups is 1. The number of pyridine rings is 1. The second-order valence-electron chi connectivity index (χ2n) is 5.90. The fraction of sp³-hybridized carbons (Fsp3) is 0.167. The molecule has 0 bridgehead atoms. The standard InChI is InChI=1S/C18H17N5O/c1-11(24)19-8-12-4-3-5-13(6-12)15-7-14-17-16(21-10-23(17)2)9-20-18(14)22-15/h3-7,9-10H,8H2,1-2H3,(H,19,24)(H,20,22). The van der Waals surface area contributed by atoms with Crippen molar-refractivity contribution < 1.29 is 4.79 Å². The van der Waals surface area contributed by atoms with Crippen LogP contribution in [0.15, 0.2) is 42.9 Å². The average Bonchev–Trinajstić information content (AvgIpc) is 3.16. The van der Waals surface area contributed by atoms with Gasteiger partial charge in [0.1, 0.15) is 11.2 Å². The summed E-state index contributed by atoms with van der Waals surface area (Å²) in [5.74, 6) is -0.0335. The molecule has 3 aromatic heterocycles. The zero-order chi connectivity index (χ0) is 16.7. The molecule has 6 nitrogen and oxygen atoms in total. The molecular weight excluding hydrogens is 302 g/mol. The van der Waals surface area contributed by atoms with Gasteiger partial charge in [-0.25, -0.2) is 9.97 Å². The molecule has 120 valence electrons. The van der Waals surface area contributed by atoms with E-state index < -0.39 is 0 Å².